The van der Waals surface area contributed by atoms with E-state index in [1.165, 1.54) is 0 Å². The molecule has 0 saturated heterocycles. The monoisotopic (exact) mass is 611 g/mol. The lowest BCUT2D eigenvalue weighted by Crippen LogP contribution is -2.01. The van der Waals surface area contributed by atoms with Crippen LogP contribution in [-0.2, 0) is 0 Å². The van der Waals surface area contributed by atoms with E-state index in [1.807, 2.05) is 12.1 Å². The van der Waals surface area contributed by atoms with E-state index in [4.69, 9.17) is 9.97 Å². The van der Waals surface area contributed by atoms with Crippen molar-refractivity contribution in [2.75, 3.05) is 11.9 Å². The van der Waals surface area contributed by atoms with Gasteiger partial charge in [-0.3, -0.25) is 0 Å². The molecule has 5 heterocycles. The van der Waals surface area contributed by atoms with E-state index >= 15 is 0 Å². The molecule has 0 atom stereocenters. The standard InChI is InChI=1S/C36H30BrN5/c1-2-3-22-38-36-31-20-16-27(41-31)33(23-10-6-4-7-11-23)25-14-18-29(39-25)35(37)30-19-15-26(40-30)34(24-12-8-5-9-13-24)28-17-21-32(36)42-28/h4-21,38,41-42H,2-3,22H2,1H3. The molecular weight excluding hydrogens is 582 g/mol. The maximum Gasteiger partial charge on any atom is 0.0818 e. The number of fused-ring (bicyclic) bond motifs is 8. The van der Waals surface area contributed by atoms with Crippen molar-refractivity contribution >= 4 is 68.0 Å². The molecule has 7 rings (SSSR count). The molecule has 2 aliphatic heterocycles. The van der Waals surface area contributed by atoms with Crippen LogP contribution in [0.3, 0.4) is 0 Å². The molecule has 3 N–H and O–H groups in total. The summed E-state index contributed by atoms with van der Waals surface area (Å²) in [6, 6.07) is 29.5. The van der Waals surface area contributed by atoms with Gasteiger partial charge in [0.15, 0.2) is 0 Å². The fraction of sp³-hybridized carbons (Fsp3) is 0.111. The molecule has 0 spiro atoms. The van der Waals surface area contributed by atoms with Crippen molar-refractivity contribution in [2.45, 2.75) is 19.8 Å². The normalized spacial score (nSPS) is 12.1. The lowest BCUT2D eigenvalue weighted by atomic mass is 10.0. The van der Waals surface area contributed by atoms with Crippen molar-refractivity contribution in [3.8, 4) is 22.3 Å². The number of unbranched alkanes of at least 4 members (excludes halogenated alkanes) is 1. The molecule has 6 heteroatoms. The molecule has 0 saturated carbocycles. The number of benzene rings is 2. The van der Waals surface area contributed by atoms with Crippen molar-refractivity contribution in [1.29, 1.82) is 0 Å². The highest BCUT2D eigenvalue weighted by atomic mass is 79.9. The summed E-state index contributed by atoms with van der Waals surface area (Å²) in [5.74, 6) is 0. The molecule has 42 heavy (non-hydrogen) atoms. The first-order valence-corrected chi connectivity index (χ1v) is 15.2. The van der Waals surface area contributed by atoms with E-state index in [-0.39, 0.29) is 0 Å². The Bertz CT molecular complexity index is 1860. The van der Waals surface area contributed by atoms with E-state index in [9.17, 15) is 0 Å². The van der Waals surface area contributed by atoms with E-state index < -0.39 is 0 Å². The van der Waals surface area contributed by atoms with Gasteiger partial charge in [0.1, 0.15) is 0 Å². The Kier molecular flexibility index (Phi) is 7.06. The van der Waals surface area contributed by atoms with Crippen LogP contribution in [0.2, 0.25) is 0 Å². The topological polar surface area (TPSA) is 69.4 Å². The van der Waals surface area contributed by atoms with E-state index in [2.05, 4.69) is 135 Å². The quantitative estimate of drug-likeness (QED) is 0.164. The predicted molar refractivity (Wildman–Crippen MR) is 181 cm³/mol. The molecule has 2 aliphatic rings. The first-order chi connectivity index (χ1) is 20.7. The van der Waals surface area contributed by atoms with Crippen LogP contribution in [0, 0.1) is 0 Å². The molecule has 0 amide bonds. The van der Waals surface area contributed by atoms with Gasteiger partial charge in [-0.15, -0.1) is 0 Å². The number of aromatic amines is 2. The average Bonchev–Trinajstić information content (AvgIpc) is 3.85. The van der Waals surface area contributed by atoms with Gasteiger partial charge in [0.2, 0.25) is 0 Å². The highest BCUT2D eigenvalue weighted by molar-refractivity contribution is 9.10. The van der Waals surface area contributed by atoms with Gasteiger partial charge in [-0.05, 0) is 82.0 Å². The smallest absolute Gasteiger partial charge is 0.0818 e. The summed E-state index contributed by atoms with van der Waals surface area (Å²) in [5, 5.41) is 3.73. The molecule has 0 fully saturated rings. The minimum Gasteiger partial charge on any atom is -0.382 e. The molecule has 2 aromatic carbocycles. The lowest BCUT2D eigenvalue weighted by Gasteiger charge is -2.07. The Morgan fingerprint density at radius 1 is 0.595 bits per heavy atom. The SMILES string of the molecule is CCCCNc1c2ccc([nH]2)c(-c2ccccc2)c2nc(c(Br)c3nc(c(-c4ccccc4)c4ccc1[nH]4)C=C3)C=C2. The molecule has 206 valence electrons. The Hall–Kier alpha value is -4.68. The molecule has 5 nitrogen and oxygen atoms in total. The summed E-state index contributed by atoms with van der Waals surface area (Å²) in [6.45, 7) is 3.09. The summed E-state index contributed by atoms with van der Waals surface area (Å²) in [7, 11) is 0. The van der Waals surface area contributed by atoms with Crippen LogP contribution in [0.25, 0.3) is 68.6 Å². The largest absolute Gasteiger partial charge is 0.382 e. The van der Waals surface area contributed by atoms with Crippen molar-refractivity contribution < 1.29 is 0 Å². The Morgan fingerprint density at radius 3 is 1.52 bits per heavy atom. The number of anilines is 1. The fourth-order valence-electron chi connectivity index (χ4n) is 5.57. The van der Waals surface area contributed by atoms with Crippen LogP contribution in [0.5, 0.6) is 0 Å². The zero-order valence-corrected chi connectivity index (χ0v) is 24.9. The van der Waals surface area contributed by atoms with Gasteiger partial charge < -0.3 is 15.3 Å². The van der Waals surface area contributed by atoms with E-state index in [0.717, 1.165) is 96.6 Å². The summed E-state index contributed by atoms with van der Waals surface area (Å²) < 4.78 is 0.863. The van der Waals surface area contributed by atoms with Crippen molar-refractivity contribution in [1.82, 2.24) is 19.9 Å². The van der Waals surface area contributed by atoms with E-state index in [0.29, 0.717) is 0 Å². The number of nitrogens with one attached hydrogen (secondary N) is 3. The average molecular weight is 613 g/mol. The summed E-state index contributed by atoms with van der Waals surface area (Å²) in [6.07, 6.45) is 10.5. The number of rotatable bonds is 6. The molecule has 8 bridgehead atoms. The number of aromatic nitrogens is 4. The van der Waals surface area contributed by atoms with Crippen molar-refractivity contribution in [3.05, 3.63) is 112 Å². The predicted octanol–water partition coefficient (Wildman–Crippen LogP) is 9.96. The Labute approximate surface area is 253 Å². The number of H-pyrrole nitrogens is 2. The van der Waals surface area contributed by atoms with Gasteiger partial charge in [-0.2, -0.15) is 0 Å². The van der Waals surface area contributed by atoms with Crippen LogP contribution >= 0.6 is 15.9 Å². The van der Waals surface area contributed by atoms with Gasteiger partial charge in [0.05, 0.1) is 44.0 Å². The van der Waals surface area contributed by atoms with Crippen LogP contribution in [0.1, 0.15) is 42.5 Å². The minimum atomic E-state index is 0.846. The van der Waals surface area contributed by atoms with Crippen LogP contribution < -0.4 is 5.32 Å². The number of hydrogen-bond donors (Lipinski definition) is 3. The summed E-state index contributed by atoms with van der Waals surface area (Å²) >= 11 is 3.83. The van der Waals surface area contributed by atoms with E-state index in [1.54, 1.807) is 0 Å². The minimum absolute atomic E-state index is 0.846. The second kappa shape index (κ2) is 11.3. The third kappa shape index (κ3) is 4.88. The summed E-state index contributed by atoms with van der Waals surface area (Å²) in [4.78, 5) is 17.7. The summed E-state index contributed by atoms with van der Waals surface area (Å²) in [5.41, 5.74) is 12.9. The second-order valence-electron chi connectivity index (χ2n) is 10.5. The van der Waals surface area contributed by atoms with Gasteiger partial charge in [-0.1, -0.05) is 74.0 Å². The van der Waals surface area contributed by atoms with Gasteiger partial charge >= 0.3 is 0 Å². The Balaban J connectivity index is 1.62. The zero-order valence-electron chi connectivity index (χ0n) is 23.3. The highest BCUT2D eigenvalue weighted by Crippen LogP contribution is 2.36. The van der Waals surface area contributed by atoms with Crippen molar-refractivity contribution in [3.63, 3.8) is 0 Å². The zero-order chi connectivity index (χ0) is 28.5. The third-order valence-electron chi connectivity index (χ3n) is 7.65. The van der Waals surface area contributed by atoms with Gasteiger partial charge in [0.25, 0.3) is 0 Å². The fourth-order valence-corrected chi connectivity index (χ4v) is 6.01. The maximum absolute atomic E-state index is 5.10. The Morgan fingerprint density at radius 2 is 1.05 bits per heavy atom. The molecule has 0 aliphatic carbocycles. The molecule has 5 aromatic rings. The first-order valence-electron chi connectivity index (χ1n) is 14.4. The number of nitrogens with zero attached hydrogens (tertiary/aromatic N) is 2. The number of hydrogen-bond acceptors (Lipinski definition) is 3. The van der Waals surface area contributed by atoms with Gasteiger partial charge in [-0.25, -0.2) is 9.97 Å². The third-order valence-corrected chi connectivity index (χ3v) is 8.46. The number of halogens is 1. The first kappa shape index (κ1) is 26.2. The molecule has 0 radical (unpaired) electrons. The highest BCUT2D eigenvalue weighted by Gasteiger charge is 2.17. The molecule has 3 aromatic heterocycles. The van der Waals surface area contributed by atoms with Crippen LogP contribution in [0.4, 0.5) is 5.69 Å². The molecular formula is C36H30BrN5. The molecule has 0 unspecified atom stereocenters. The lowest BCUT2D eigenvalue weighted by molar-refractivity contribution is 0.835. The maximum atomic E-state index is 5.10. The van der Waals surface area contributed by atoms with Crippen molar-refractivity contribution in [2.24, 2.45) is 0 Å². The second-order valence-corrected chi connectivity index (χ2v) is 11.2. The van der Waals surface area contributed by atoms with Crippen LogP contribution in [0.15, 0.2) is 89.4 Å². The van der Waals surface area contributed by atoms with Crippen LogP contribution in [-0.4, -0.2) is 26.5 Å². The van der Waals surface area contributed by atoms with Gasteiger partial charge in [0, 0.05) is 28.7 Å².